The number of aromatic nitrogens is 1. The van der Waals surface area contributed by atoms with E-state index in [0.717, 1.165) is 11.1 Å². The Morgan fingerprint density at radius 3 is 2.43 bits per heavy atom. The number of piperidine rings is 1. The first-order valence-electron chi connectivity index (χ1n) is 9.27. The highest BCUT2D eigenvalue weighted by Gasteiger charge is 2.31. The summed E-state index contributed by atoms with van der Waals surface area (Å²) in [6, 6.07) is 17.0. The molecule has 3 aromatic rings. The molecular formula is C21H21N3O4. The summed E-state index contributed by atoms with van der Waals surface area (Å²) in [5, 5.41) is 0. The predicted octanol–water partition coefficient (Wildman–Crippen LogP) is 2.81. The molecule has 1 saturated heterocycles. The number of hydrogen-bond donors (Lipinski definition) is 1. The van der Waals surface area contributed by atoms with Crippen molar-refractivity contribution in [1.29, 1.82) is 0 Å². The smallest absolute Gasteiger partial charge is 0.310 e. The van der Waals surface area contributed by atoms with Crippen LogP contribution in [0.4, 0.5) is 6.01 Å². The van der Waals surface area contributed by atoms with E-state index in [-0.39, 0.29) is 5.92 Å². The van der Waals surface area contributed by atoms with Gasteiger partial charge in [-0.1, -0.05) is 42.5 Å². The van der Waals surface area contributed by atoms with Crippen LogP contribution in [0.3, 0.4) is 0 Å². The standard InChI is InChI=1S/C21H21N3O4/c22-19(25)18(14-6-2-1-3-7-14)28-20(26)15-10-12-24(13-11-15)21-23-16-8-4-5-9-17(16)27-21/h1-9,15,18H,10-13H2,(H2,22,25)/t18-/m0/s1. The third-order valence-corrected chi connectivity index (χ3v) is 4.98. The van der Waals surface area contributed by atoms with Crippen LogP contribution >= 0.6 is 0 Å². The van der Waals surface area contributed by atoms with Crippen molar-refractivity contribution >= 4 is 29.0 Å². The molecule has 7 nitrogen and oxygen atoms in total. The van der Waals surface area contributed by atoms with E-state index in [4.69, 9.17) is 14.9 Å². The zero-order valence-electron chi connectivity index (χ0n) is 15.3. The van der Waals surface area contributed by atoms with Gasteiger partial charge in [-0.3, -0.25) is 9.59 Å². The van der Waals surface area contributed by atoms with E-state index in [1.54, 1.807) is 24.3 Å². The molecular weight excluding hydrogens is 358 g/mol. The Morgan fingerprint density at radius 2 is 1.75 bits per heavy atom. The van der Waals surface area contributed by atoms with Crippen LogP contribution in [0, 0.1) is 5.92 Å². The van der Waals surface area contributed by atoms with Crippen molar-refractivity contribution < 1.29 is 18.7 Å². The molecule has 0 saturated carbocycles. The highest BCUT2D eigenvalue weighted by Crippen LogP contribution is 2.28. The number of rotatable bonds is 5. The lowest BCUT2D eigenvalue weighted by molar-refractivity contribution is -0.160. The summed E-state index contributed by atoms with van der Waals surface area (Å²) in [5.74, 6) is -1.36. The summed E-state index contributed by atoms with van der Waals surface area (Å²) in [7, 11) is 0. The minimum Gasteiger partial charge on any atom is -0.447 e. The molecule has 2 N–H and O–H groups in total. The van der Waals surface area contributed by atoms with Gasteiger partial charge < -0.3 is 19.8 Å². The Balaban J connectivity index is 1.38. The van der Waals surface area contributed by atoms with Crippen molar-refractivity contribution in [3.05, 3.63) is 60.2 Å². The van der Waals surface area contributed by atoms with Crippen LogP contribution in [0.25, 0.3) is 11.1 Å². The van der Waals surface area contributed by atoms with Crippen molar-refractivity contribution in [2.75, 3.05) is 18.0 Å². The lowest BCUT2D eigenvalue weighted by atomic mass is 9.97. The number of primary amides is 1. The van der Waals surface area contributed by atoms with Crippen LogP contribution in [0.2, 0.25) is 0 Å². The van der Waals surface area contributed by atoms with Crippen LogP contribution < -0.4 is 10.6 Å². The Labute approximate surface area is 162 Å². The van der Waals surface area contributed by atoms with Crippen LogP contribution in [0.1, 0.15) is 24.5 Å². The van der Waals surface area contributed by atoms with Gasteiger partial charge in [0.15, 0.2) is 5.58 Å². The number of amides is 1. The van der Waals surface area contributed by atoms with Crippen molar-refractivity contribution in [2.45, 2.75) is 18.9 Å². The molecule has 0 bridgehead atoms. The van der Waals surface area contributed by atoms with Gasteiger partial charge in [-0.25, -0.2) is 0 Å². The van der Waals surface area contributed by atoms with Gasteiger partial charge in [-0.15, -0.1) is 0 Å². The number of para-hydroxylation sites is 2. The zero-order chi connectivity index (χ0) is 19.5. The summed E-state index contributed by atoms with van der Waals surface area (Å²) in [5.41, 5.74) is 7.57. The highest BCUT2D eigenvalue weighted by molar-refractivity contribution is 5.84. The van der Waals surface area contributed by atoms with Crippen molar-refractivity contribution in [1.82, 2.24) is 4.98 Å². The van der Waals surface area contributed by atoms with Gasteiger partial charge in [0.1, 0.15) is 5.52 Å². The number of nitrogens with two attached hydrogens (primary N) is 1. The average Bonchev–Trinajstić information content (AvgIpc) is 3.16. The lowest BCUT2D eigenvalue weighted by Crippen LogP contribution is -2.38. The number of nitrogens with zero attached hydrogens (tertiary/aromatic N) is 2. The fraction of sp³-hybridized carbons (Fsp3) is 0.286. The summed E-state index contributed by atoms with van der Waals surface area (Å²) in [6.45, 7) is 1.25. The summed E-state index contributed by atoms with van der Waals surface area (Å²) in [6.07, 6.45) is 0.124. The number of carbonyl (C=O) groups excluding carboxylic acids is 2. The summed E-state index contributed by atoms with van der Waals surface area (Å²) >= 11 is 0. The third-order valence-electron chi connectivity index (χ3n) is 4.98. The maximum Gasteiger partial charge on any atom is 0.310 e. The molecule has 2 heterocycles. The Bertz CT molecular complexity index is 944. The first kappa shape index (κ1) is 18.0. The SMILES string of the molecule is NC(=O)[C@@H](OC(=O)C1CCN(c2nc3ccccc3o2)CC1)c1ccccc1. The molecule has 144 valence electrons. The lowest BCUT2D eigenvalue weighted by Gasteiger charge is -2.30. The van der Waals surface area contributed by atoms with Crippen molar-refractivity contribution in [3.63, 3.8) is 0 Å². The van der Waals surface area contributed by atoms with E-state index in [2.05, 4.69) is 4.98 Å². The number of anilines is 1. The number of ether oxygens (including phenoxy) is 1. The second-order valence-corrected chi connectivity index (χ2v) is 6.86. The van der Waals surface area contributed by atoms with Gasteiger partial charge in [-0.05, 0) is 25.0 Å². The van der Waals surface area contributed by atoms with Gasteiger partial charge in [0, 0.05) is 18.7 Å². The second-order valence-electron chi connectivity index (χ2n) is 6.86. The Hall–Kier alpha value is -3.35. The van der Waals surface area contributed by atoms with Gasteiger partial charge in [0.2, 0.25) is 6.10 Å². The van der Waals surface area contributed by atoms with E-state index < -0.39 is 18.0 Å². The van der Waals surface area contributed by atoms with Crippen molar-refractivity contribution in [3.8, 4) is 0 Å². The van der Waals surface area contributed by atoms with Crippen LogP contribution in [-0.4, -0.2) is 29.9 Å². The van der Waals surface area contributed by atoms with E-state index in [1.807, 2.05) is 35.2 Å². The molecule has 2 aromatic carbocycles. The number of fused-ring (bicyclic) bond motifs is 1. The van der Waals surface area contributed by atoms with Gasteiger partial charge in [0.05, 0.1) is 5.92 Å². The molecule has 1 aliphatic rings. The first-order valence-corrected chi connectivity index (χ1v) is 9.27. The minimum atomic E-state index is -1.07. The fourth-order valence-corrected chi connectivity index (χ4v) is 3.43. The predicted molar refractivity (Wildman–Crippen MR) is 103 cm³/mol. The molecule has 1 fully saturated rings. The zero-order valence-corrected chi connectivity index (χ0v) is 15.3. The normalized spacial score (nSPS) is 16.1. The first-order chi connectivity index (χ1) is 13.6. The molecule has 28 heavy (non-hydrogen) atoms. The minimum absolute atomic E-state index is 0.286. The maximum absolute atomic E-state index is 12.6. The number of benzene rings is 2. The van der Waals surface area contributed by atoms with Gasteiger partial charge >= 0.3 is 5.97 Å². The maximum atomic E-state index is 12.6. The average molecular weight is 379 g/mol. The van der Waals surface area contributed by atoms with Crippen LogP contribution in [0.15, 0.2) is 59.0 Å². The molecule has 4 rings (SSSR count). The third kappa shape index (κ3) is 3.69. The Morgan fingerprint density at radius 1 is 1.07 bits per heavy atom. The van der Waals surface area contributed by atoms with Gasteiger partial charge in [-0.2, -0.15) is 4.98 Å². The monoisotopic (exact) mass is 379 g/mol. The van der Waals surface area contributed by atoms with Crippen LogP contribution in [0.5, 0.6) is 0 Å². The molecule has 0 radical (unpaired) electrons. The second kappa shape index (κ2) is 7.72. The topological polar surface area (TPSA) is 98.7 Å². The number of hydrogen-bond acceptors (Lipinski definition) is 6. The van der Waals surface area contributed by atoms with E-state index in [9.17, 15) is 9.59 Å². The van der Waals surface area contributed by atoms with Gasteiger partial charge in [0.25, 0.3) is 11.9 Å². The number of esters is 1. The van der Waals surface area contributed by atoms with E-state index in [1.165, 1.54) is 0 Å². The highest BCUT2D eigenvalue weighted by atomic mass is 16.5. The fourth-order valence-electron chi connectivity index (χ4n) is 3.43. The number of carbonyl (C=O) groups is 2. The molecule has 1 atom stereocenters. The van der Waals surface area contributed by atoms with E-state index in [0.29, 0.717) is 37.5 Å². The van der Waals surface area contributed by atoms with E-state index >= 15 is 0 Å². The van der Waals surface area contributed by atoms with Crippen molar-refractivity contribution in [2.24, 2.45) is 11.7 Å². The molecule has 0 spiro atoms. The number of oxazole rings is 1. The molecule has 7 heteroatoms. The molecule has 1 amide bonds. The quantitative estimate of drug-likeness (QED) is 0.685. The molecule has 1 aromatic heterocycles. The summed E-state index contributed by atoms with van der Waals surface area (Å²) in [4.78, 5) is 30.9. The Kier molecular flexibility index (Phi) is 4.97. The largest absolute Gasteiger partial charge is 0.447 e. The molecule has 0 unspecified atom stereocenters. The summed E-state index contributed by atoms with van der Waals surface area (Å²) < 4.78 is 11.2. The van der Waals surface area contributed by atoms with Crippen LogP contribution in [-0.2, 0) is 14.3 Å². The molecule has 0 aliphatic carbocycles. The molecule has 1 aliphatic heterocycles.